The zero-order valence-corrected chi connectivity index (χ0v) is 11.2. The molecule has 0 aliphatic heterocycles. The fourth-order valence-electron chi connectivity index (χ4n) is 1.55. The van der Waals surface area contributed by atoms with Crippen LogP contribution in [0.5, 0.6) is 0 Å². The van der Waals surface area contributed by atoms with Crippen molar-refractivity contribution in [2.75, 3.05) is 18.8 Å². The fraction of sp³-hybridized carbons (Fsp3) is 0.429. The summed E-state index contributed by atoms with van der Waals surface area (Å²) in [6, 6.07) is 7.17. The number of rotatable bonds is 7. The van der Waals surface area contributed by atoms with Crippen LogP contribution in [0, 0.1) is 0 Å². The fourth-order valence-corrected chi connectivity index (χ4v) is 1.55. The molecule has 0 heterocycles. The molecule has 5 heteroatoms. The lowest BCUT2D eigenvalue weighted by atomic mass is 10.1. The van der Waals surface area contributed by atoms with Gasteiger partial charge in [-0.05, 0) is 24.1 Å². The summed E-state index contributed by atoms with van der Waals surface area (Å²) >= 11 is 0. The third-order valence-corrected chi connectivity index (χ3v) is 2.59. The molecule has 0 bridgehead atoms. The molecule has 0 saturated carbocycles. The Labute approximate surface area is 113 Å². The predicted molar refractivity (Wildman–Crippen MR) is 75.5 cm³/mol. The summed E-state index contributed by atoms with van der Waals surface area (Å²) < 4.78 is 0. The van der Waals surface area contributed by atoms with Crippen molar-refractivity contribution < 1.29 is 9.59 Å². The molecule has 104 valence electrons. The second kappa shape index (κ2) is 8.13. The highest BCUT2D eigenvalue weighted by atomic mass is 16.2. The first kappa shape index (κ1) is 15.0. The molecular weight excluding hydrogens is 242 g/mol. The van der Waals surface area contributed by atoms with Crippen LogP contribution in [0.15, 0.2) is 24.3 Å². The lowest BCUT2D eigenvalue weighted by Crippen LogP contribution is -2.31. The zero-order chi connectivity index (χ0) is 14.1. The first-order valence-electron chi connectivity index (χ1n) is 6.49. The monoisotopic (exact) mass is 263 g/mol. The number of nitrogens with two attached hydrogens (primary N) is 1. The van der Waals surface area contributed by atoms with Gasteiger partial charge in [0.1, 0.15) is 0 Å². The number of hydrogen-bond donors (Lipinski definition) is 3. The summed E-state index contributed by atoms with van der Waals surface area (Å²) in [4.78, 5) is 22.9. The average Bonchev–Trinajstić information content (AvgIpc) is 2.39. The van der Waals surface area contributed by atoms with E-state index in [9.17, 15) is 9.59 Å². The number of carbonyl (C=O) groups excluding carboxylic acids is 2. The van der Waals surface area contributed by atoms with Crippen LogP contribution >= 0.6 is 0 Å². The molecule has 1 aromatic carbocycles. The molecule has 0 aliphatic carbocycles. The molecule has 2 amide bonds. The van der Waals surface area contributed by atoms with Crippen LogP contribution in [-0.4, -0.2) is 24.9 Å². The molecule has 0 radical (unpaired) electrons. The molecule has 5 nitrogen and oxygen atoms in total. The van der Waals surface area contributed by atoms with Crippen molar-refractivity contribution in [2.45, 2.75) is 26.2 Å². The molecule has 0 atom stereocenters. The van der Waals surface area contributed by atoms with E-state index >= 15 is 0 Å². The van der Waals surface area contributed by atoms with Gasteiger partial charge in [0.2, 0.25) is 11.8 Å². The maximum absolute atomic E-state index is 11.6. The van der Waals surface area contributed by atoms with E-state index in [4.69, 9.17) is 5.73 Å². The molecule has 0 saturated heterocycles. The van der Waals surface area contributed by atoms with Crippen LogP contribution in [0.2, 0.25) is 0 Å². The number of benzene rings is 1. The van der Waals surface area contributed by atoms with E-state index in [-0.39, 0.29) is 11.8 Å². The number of carbonyl (C=O) groups is 2. The quantitative estimate of drug-likeness (QED) is 0.637. The van der Waals surface area contributed by atoms with Crippen LogP contribution in [0.25, 0.3) is 0 Å². The number of nitrogens with one attached hydrogen (secondary N) is 2. The summed E-state index contributed by atoms with van der Waals surface area (Å²) in [5, 5.41) is 5.48. The summed E-state index contributed by atoms with van der Waals surface area (Å²) in [6.45, 7) is 3.04. The van der Waals surface area contributed by atoms with E-state index in [2.05, 4.69) is 10.6 Å². The summed E-state index contributed by atoms with van der Waals surface area (Å²) in [5.41, 5.74) is 7.15. The molecule has 1 rings (SSSR count). The molecular formula is C14H21N3O2. The van der Waals surface area contributed by atoms with E-state index in [1.165, 1.54) is 0 Å². The summed E-state index contributed by atoms with van der Waals surface area (Å²) in [5.74, 6) is -0.123. The van der Waals surface area contributed by atoms with Gasteiger partial charge in [-0.2, -0.15) is 0 Å². The van der Waals surface area contributed by atoms with Gasteiger partial charge in [-0.1, -0.05) is 19.1 Å². The van der Waals surface area contributed by atoms with Crippen LogP contribution in [0.1, 0.15) is 25.3 Å². The first-order chi connectivity index (χ1) is 9.11. The Hall–Kier alpha value is -2.04. The maximum atomic E-state index is 11.6. The van der Waals surface area contributed by atoms with Gasteiger partial charge < -0.3 is 16.4 Å². The number of nitrogen functional groups attached to an aromatic ring is 1. The third kappa shape index (κ3) is 6.45. The second-order valence-corrected chi connectivity index (χ2v) is 4.37. The lowest BCUT2D eigenvalue weighted by Gasteiger charge is -2.06. The van der Waals surface area contributed by atoms with E-state index in [1.807, 2.05) is 19.1 Å². The third-order valence-electron chi connectivity index (χ3n) is 2.59. The zero-order valence-electron chi connectivity index (χ0n) is 11.2. The van der Waals surface area contributed by atoms with Crippen molar-refractivity contribution in [3.63, 3.8) is 0 Å². The molecule has 0 aromatic heterocycles. The number of amides is 2. The van der Waals surface area contributed by atoms with Crippen molar-refractivity contribution in [1.29, 1.82) is 0 Å². The molecule has 0 aliphatic rings. The van der Waals surface area contributed by atoms with Crippen LogP contribution in [0.3, 0.4) is 0 Å². The topological polar surface area (TPSA) is 84.2 Å². The predicted octanol–water partition coefficient (Wildman–Crippen LogP) is 0.844. The Morgan fingerprint density at radius 1 is 1.05 bits per heavy atom. The summed E-state index contributed by atoms with van der Waals surface area (Å²) in [7, 11) is 0. The highest BCUT2D eigenvalue weighted by molar-refractivity contribution is 5.80. The SMILES string of the molecule is CCCNC(=O)CCNC(=O)Cc1ccc(N)cc1. The van der Waals surface area contributed by atoms with Gasteiger partial charge in [0, 0.05) is 25.2 Å². The number of hydrogen-bond acceptors (Lipinski definition) is 3. The lowest BCUT2D eigenvalue weighted by molar-refractivity contribution is -0.122. The Morgan fingerprint density at radius 3 is 2.32 bits per heavy atom. The largest absolute Gasteiger partial charge is 0.399 e. The Morgan fingerprint density at radius 2 is 1.68 bits per heavy atom. The van der Waals surface area contributed by atoms with Gasteiger partial charge in [0.05, 0.1) is 6.42 Å². The normalized spacial score (nSPS) is 9.95. The van der Waals surface area contributed by atoms with E-state index in [0.29, 0.717) is 31.6 Å². The smallest absolute Gasteiger partial charge is 0.224 e. The highest BCUT2D eigenvalue weighted by Crippen LogP contribution is 2.05. The molecule has 0 spiro atoms. The van der Waals surface area contributed by atoms with E-state index < -0.39 is 0 Å². The van der Waals surface area contributed by atoms with Crippen LogP contribution < -0.4 is 16.4 Å². The minimum atomic E-state index is -0.0898. The van der Waals surface area contributed by atoms with Gasteiger partial charge in [0.25, 0.3) is 0 Å². The molecule has 1 aromatic rings. The van der Waals surface area contributed by atoms with Crippen LogP contribution in [0.4, 0.5) is 5.69 Å². The van der Waals surface area contributed by atoms with Gasteiger partial charge in [-0.25, -0.2) is 0 Å². The molecule has 19 heavy (non-hydrogen) atoms. The van der Waals surface area contributed by atoms with E-state index in [0.717, 1.165) is 12.0 Å². The van der Waals surface area contributed by atoms with Gasteiger partial charge >= 0.3 is 0 Å². The second-order valence-electron chi connectivity index (χ2n) is 4.37. The number of anilines is 1. The van der Waals surface area contributed by atoms with Crippen molar-refractivity contribution in [3.05, 3.63) is 29.8 Å². The average molecular weight is 263 g/mol. The van der Waals surface area contributed by atoms with Crippen molar-refractivity contribution in [3.8, 4) is 0 Å². The van der Waals surface area contributed by atoms with Crippen molar-refractivity contribution in [2.24, 2.45) is 0 Å². The Bertz CT molecular complexity index is 415. The molecule has 0 unspecified atom stereocenters. The molecule has 4 N–H and O–H groups in total. The first-order valence-corrected chi connectivity index (χ1v) is 6.49. The van der Waals surface area contributed by atoms with Crippen molar-refractivity contribution in [1.82, 2.24) is 10.6 Å². The summed E-state index contributed by atoms with van der Waals surface area (Å²) in [6.07, 6.45) is 1.53. The van der Waals surface area contributed by atoms with E-state index in [1.54, 1.807) is 12.1 Å². The minimum absolute atomic E-state index is 0.0327. The maximum Gasteiger partial charge on any atom is 0.224 e. The van der Waals surface area contributed by atoms with Crippen molar-refractivity contribution >= 4 is 17.5 Å². The minimum Gasteiger partial charge on any atom is -0.399 e. The van der Waals surface area contributed by atoms with Gasteiger partial charge in [-0.15, -0.1) is 0 Å². The molecule has 0 fully saturated rings. The van der Waals surface area contributed by atoms with Gasteiger partial charge in [0.15, 0.2) is 0 Å². The van der Waals surface area contributed by atoms with Gasteiger partial charge in [-0.3, -0.25) is 9.59 Å². The Kier molecular flexibility index (Phi) is 6.43. The standard InChI is InChI=1S/C14H21N3O2/c1-2-8-16-13(18)7-9-17-14(19)10-11-3-5-12(15)6-4-11/h3-6H,2,7-10,15H2,1H3,(H,16,18)(H,17,19). The highest BCUT2D eigenvalue weighted by Gasteiger charge is 2.04. The van der Waals surface area contributed by atoms with Crippen LogP contribution in [-0.2, 0) is 16.0 Å². The Balaban J connectivity index is 2.21.